The monoisotopic (exact) mass is 342 g/mol. The molecule has 8 nitrogen and oxygen atoms in total. The number of nitrogens with one attached hydrogen (secondary N) is 1. The molecule has 0 saturated carbocycles. The van der Waals surface area contributed by atoms with Crippen molar-refractivity contribution in [3.05, 3.63) is 45.9 Å². The van der Waals surface area contributed by atoms with E-state index in [1.165, 1.54) is 19.1 Å². The van der Waals surface area contributed by atoms with Crippen LogP contribution in [0.1, 0.15) is 16.1 Å². The van der Waals surface area contributed by atoms with Crippen molar-refractivity contribution in [1.82, 2.24) is 9.78 Å². The van der Waals surface area contributed by atoms with Crippen molar-refractivity contribution in [2.45, 2.75) is 11.8 Å². The molecule has 0 unspecified atom stereocenters. The standard InChI is InChI=1S/C11H10N2O6S.2Na/c1-6-9(11(15)16)12-13(10(6)14)7-3-2-4-8(5-7)20(17,18)19;;/h2-5,12H,1H3,(H,15,16)(H,17,18,19);;/q;2*+1/p-2. The molecule has 11 heteroatoms. The maximum atomic E-state index is 11.9. The van der Waals surface area contributed by atoms with Crippen molar-refractivity contribution in [2.24, 2.45) is 0 Å². The summed E-state index contributed by atoms with van der Waals surface area (Å²) in [6.07, 6.45) is 0. The van der Waals surface area contributed by atoms with E-state index in [0.717, 1.165) is 16.8 Å². The summed E-state index contributed by atoms with van der Waals surface area (Å²) in [6, 6.07) is 4.66. The van der Waals surface area contributed by atoms with Gasteiger partial charge in [0.15, 0.2) is 0 Å². The average molecular weight is 342 g/mol. The third kappa shape index (κ3) is 4.33. The summed E-state index contributed by atoms with van der Waals surface area (Å²) in [5.41, 5.74) is -1.14. The number of aromatic nitrogens is 2. The summed E-state index contributed by atoms with van der Waals surface area (Å²) in [6.45, 7) is 1.29. The molecule has 0 spiro atoms. The van der Waals surface area contributed by atoms with Gasteiger partial charge in [0.25, 0.3) is 5.56 Å². The quantitative estimate of drug-likeness (QED) is 0.435. The van der Waals surface area contributed by atoms with Gasteiger partial charge in [0.05, 0.1) is 22.2 Å². The molecular weight excluding hydrogens is 334 g/mol. The number of aromatic amines is 1. The van der Waals surface area contributed by atoms with Crippen LogP contribution in [0.4, 0.5) is 0 Å². The van der Waals surface area contributed by atoms with Gasteiger partial charge in [-0.2, -0.15) is 0 Å². The van der Waals surface area contributed by atoms with Crippen LogP contribution in [-0.2, 0) is 10.1 Å². The van der Waals surface area contributed by atoms with Gasteiger partial charge in [-0.15, -0.1) is 0 Å². The molecule has 0 amide bonds. The van der Waals surface area contributed by atoms with Crippen molar-refractivity contribution < 1.29 is 82.0 Å². The van der Waals surface area contributed by atoms with Crippen LogP contribution in [0.3, 0.4) is 0 Å². The minimum atomic E-state index is -4.67. The molecule has 2 rings (SSSR count). The van der Waals surface area contributed by atoms with E-state index >= 15 is 0 Å². The molecule has 2 aromatic rings. The second kappa shape index (κ2) is 7.93. The molecule has 0 atom stereocenters. The second-order valence-electron chi connectivity index (χ2n) is 3.99. The van der Waals surface area contributed by atoms with E-state index in [0.29, 0.717) is 0 Å². The number of carboxylic acid groups (broad SMARTS) is 1. The molecule has 1 aromatic carbocycles. The largest absolute Gasteiger partial charge is 1.00 e. The summed E-state index contributed by atoms with van der Waals surface area (Å²) in [4.78, 5) is 22.1. The van der Waals surface area contributed by atoms with Crippen LogP contribution < -0.4 is 69.8 Å². The first kappa shape index (κ1) is 21.6. The first-order valence-electron chi connectivity index (χ1n) is 5.31. The Hall–Kier alpha value is -0.390. The van der Waals surface area contributed by atoms with Crippen LogP contribution in [0.2, 0.25) is 0 Å². The Balaban J connectivity index is 0.00000220. The van der Waals surface area contributed by atoms with Crippen LogP contribution >= 0.6 is 0 Å². The van der Waals surface area contributed by atoms with E-state index in [1.54, 1.807) is 0 Å². The van der Waals surface area contributed by atoms with E-state index < -0.39 is 32.2 Å². The van der Waals surface area contributed by atoms with Gasteiger partial charge in [-0.05, 0) is 25.1 Å². The van der Waals surface area contributed by atoms with E-state index in [-0.39, 0.29) is 70.4 Å². The molecule has 0 aliphatic rings. The SMILES string of the molecule is Cc1c(C(=O)[O-])[nH]n(-c2cccc(S(=O)(=O)[O-])c2)c1=O.[Na+].[Na+]. The van der Waals surface area contributed by atoms with Gasteiger partial charge in [0, 0.05) is 5.56 Å². The second-order valence-corrected chi connectivity index (χ2v) is 5.37. The molecule has 22 heavy (non-hydrogen) atoms. The zero-order chi connectivity index (χ0) is 15.1. The van der Waals surface area contributed by atoms with Crippen molar-refractivity contribution in [3.63, 3.8) is 0 Å². The number of H-pyrrole nitrogens is 1. The minimum Gasteiger partial charge on any atom is -0.744 e. The minimum absolute atomic E-state index is 0. The molecular formula is C11H8N2Na2O6S. The topological polar surface area (TPSA) is 135 Å². The molecule has 1 N–H and O–H groups in total. The molecule has 0 fully saturated rings. The van der Waals surface area contributed by atoms with Gasteiger partial charge in [-0.3, -0.25) is 9.89 Å². The van der Waals surface area contributed by atoms with E-state index in [9.17, 15) is 27.7 Å². The summed E-state index contributed by atoms with van der Waals surface area (Å²) < 4.78 is 33.6. The smallest absolute Gasteiger partial charge is 0.744 e. The number of hydrogen-bond acceptors (Lipinski definition) is 6. The van der Waals surface area contributed by atoms with Crippen molar-refractivity contribution in [2.75, 3.05) is 0 Å². The summed E-state index contributed by atoms with van der Waals surface area (Å²) >= 11 is 0. The van der Waals surface area contributed by atoms with Gasteiger partial charge in [-0.25, -0.2) is 13.1 Å². The molecule has 0 aliphatic heterocycles. The van der Waals surface area contributed by atoms with Crippen LogP contribution in [0.15, 0.2) is 34.0 Å². The van der Waals surface area contributed by atoms with Gasteiger partial charge >= 0.3 is 59.1 Å². The van der Waals surface area contributed by atoms with Gasteiger partial charge < -0.3 is 14.5 Å². The fourth-order valence-corrected chi connectivity index (χ4v) is 2.19. The first-order chi connectivity index (χ1) is 9.21. The summed E-state index contributed by atoms with van der Waals surface area (Å²) in [5.74, 6) is -1.56. The number of carboxylic acids is 1. The number of benzene rings is 1. The van der Waals surface area contributed by atoms with Crippen LogP contribution in [0.5, 0.6) is 0 Å². The molecule has 1 aromatic heterocycles. The maximum Gasteiger partial charge on any atom is 1.00 e. The average Bonchev–Trinajstić information content (AvgIpc) is 2.66. The molecule has 1 heterocycles. The van der Waals surface area contributed by atoms with Crippen molar-refractivity contribution >= 4 is 16.1 Å². The Morgan fingerprint density at radius 3 is 2.32 bits per heavy atom. The third-order valence-corrected chi connectivity index (χ3v) is 3.52. The zero-order valence-electron chi connectivity index (χ0n) is 12.1. The normalized spacial score (nSPS) is 10.5. The third-order valence-electron chi connectivity index (χ3n) is 2.69. The van der Waals surface area contributed by atoms with Crippen LogP contribution in [0.25, 0.3) is 5.69 Å². The van der Waals surface area contributed by atoms with Gasteiger partial charge in [0.1, 0.15) is 10.1 Å². The van der Waals surface area contributed by atoms with Crippen molar-refractivity contribution in [1.29, 1.82) is 0 Å². The molecule has 0 bridgehead atoms. The van der Waals surface area contributed by atoms with Crippen LogP contribution in [0, 0.1) is 6.92 Å². The number of aromatic carboxylic acids is 1. The number of hydrogen-bond donors (Lipinski definition) is 1. The number of carbonyl (C=O) groups is 1. The predicted molar refractivity (Wildman–Crippen MR) is 63.4 cm³/mol. The van der Waals surface area contributed by atoms with Crippen molar-refractivity contribution in [3.8, 4) is 5.69 Å². The summed E-state index contributed by atoms with van der Waals surface area (Å²) in [5, 5.41) is 13.1. The Kier molecular flexibility index (Phi) is 7.79. The predicted octanol–water partition coefficient (Wildman–Crippen LogP) is -7.25. The number of rotatable bonds is 3. The summed E-state index contributed by atoms with van der Waals surface area (Å²) in [7, 11) is -4.67. The Labute approximate surface area is 169 Å². The fraction of sp³-hybridized carbons (Fsp3) is 0.0909. The van der Waals surface area contributed by atoms with E-state index in [1.807, 2.05) is 0 Å². The maximum absolute atomic E-state index is 11.9. The van der Waals surface area contributed by atoms with E-state index in [4.69, 9.17) is 0 Å². The Morgan fingerprint density at radius 2 is 1.86 bits per heavy atom. The first-order valence-corrected chi connectivity index (χ1v) is 6.72. The number of carbonyl (C=O) groups excluding carboxylic acids is 1. The molecule has 106 valence electrons. The van der Waals surface area contributed by atoms with Crippen LogP contribution in [-0.4, -0.2) is 28.7 Å². The fourth-order valence-electron chi connectivity index (χ4n) is 1.68. The molecule has 0 saturated heterocycles. The van der Waals surface area contributed by atoms with Gasteiger partial charge in [-0.1, -0.05) is 6.07 Å². The van der Waals surface area contributed by atoms with Gasteiger partial charge in [0.2, 0.25) is 0 Å². The Morgan fingerprint density at radius 1 is 1.27 bits per heavy atom. The van der Waals surface area contributed by atoms with E-state index in [2.05, 4.69) is 5.10 Å². The number of nitrogens with zero attached hydrogens (tertiary/aromatic N) is 1. The Bertz CT molecular complexity index is 856. The zero-order valence-corrected chi connectivity index (χ0v) is 16.9. The molecule has 0 aliphatic carbocycles. The molecule has 0 radical (unpaired) electrons.